The van der Waals surface area contributed by atoms with Gasteiger partial charge in [-0.25, -0.2) is 0 Å². The lowest BCUT2D eigenvalue weighted by Gasteiger charge is -2.27. The molecule has 8 aromatic carbocycles. The standard InChI is InChI=1S/C44H32Cl2P2/c45-47(35-19-5-1-6-20-35,36-21-7-2-8-22-36)41-31-29-33-17-13-15-27-39(33)43(41)44-40-28-16-14-18-34(40)30-32-42(44)48(46,37-23-9-3-10-24-37)38-25-11-4-12-26-38/h1-32H/q+2. The van der Waals surface area contributed by atoms with Crippen molar-refractivity contribution >= 4 is 89.1 Å². The Balaban J connectivity index is 1.58. The van der Waals surface area contributed by atoms with E-state index in [1.165, 1.54) is 0 Å². The molecule has 0 nitrogen and oxygen atoms in total. The average molecular weight is 694 g/mol. The topological polar surface area (TPSA) is 0 Å². The summed E-state index contributed by atoms with van der Waals surface area (Å²) >= 11 is 16.6. The van der Waals surface area contributed by atoms with E-state index < -0.39 is 13.2 Å². The fourth-order valence-corrected chi connectivity index (χ4v) is 14.8. The van der Waals surface area contributed by atoms with E-state index in [1.54, 1.807) is 0 Å². The van der Waals surface area contributed by atoms with Gasteiger partial charge in [-0.1, -0.05) is 133 Å². The fourth-order valence-electron chi connectivity index (χ4n) is 6.95. The molecule has 0 saturated carbocycles. The van der Waals surface area contributed by atoms with Crippen LogP contribution in [0, 0.1) is 0 Å². The first-order valence-corrected chi connectivity index (χ1v) is 21.4. The van der Waals surface area contributed by atoms with Crippen LogP contribution < -0.4 is 31.8 Å². The Labute approximate surface area is 292 Å². The van der Waals surface area contributed by atoms with Crippen molar-refractivity contribution in [2.24, 2.45) is 0 Å². The largest absolute Gasteiger partial charge is 0.211 e. The van der Waals surface area contributed by atoms with E-state index in [1.807, 2.05) is 0 Å². The first-order valence-electron chi connectivity index (χ1n) is 16.0. The Morgan fingerprint density at radius 2 is 0.542 bits per heavy atom. The van der Waals surface area contributed by atoms with Crippen LogP contribution in [0.2, 0.25) is 0 Å². The van der Waals surface area contributed by atoms with E-state index in [0.717, 1.165) is 64.5 Å². The highest BCUT2D eigenvalue weighted by molar-refractivity contribution is 8.15. The molecule has 0 fully saturated rings. The molecule has 0 unspecified atom stereocenters. The van der Waals surface area contributed by atoms with E-state index in [2.05, 4.69) is 194 Å². The first-order chi connectivity index (χ1) is 23.6. The van der Waals surface area contributed by atoms with Gasteiger partial charge in [0.15, 0.2) is 0 Å². The van der Waals surface area contributed by atoms with E-state index in [0.29, 0.717) is 0 Å². The zero-order chi connectivity index (χ0) is 32.6. The van der Waals surface area contributed by atoms with Gasteiger partial charge < -0.3 is 0 Å². The summed E-state index contributed by atoms with van der Waals surface area (Å²) in [5.41, 5.74) is 2.29. The third-order valence-corrected chi connectivity index (χ3v) is 18.7. The van der Waals surface area contributed by atoms with Gasteiger partial charge in [0.05, 0.1) is 0 Å². The van der Waals surface area contributed by atoms with E-state index in [-0.39, 0.29) is 0 Å². The Bertz CT molecular complexity index is 2110. The molecular weight excluding hydrogens is 661 g/mol. The molecule has 0 bridgehead atoms. The van der Waals surface area contributed by atoms with Gasteiger partial charge in [-0.05, 0) is 82.2 Å². The van der Waals surface area contributed by atoms with Crippen molar-refractivity contribution in [1.82, 2.24) is 0 Å². The Morgan fingerprint density at radius 3 is 0.854 bits per heavy atom. The smallest absolute Gasteiger partial charge is 0.0620 e. The normalized spacial score (nSPS) is 12.0. The van der Waals surface area contributed by atoms with Gasteiger partial charge in [0.1, 0.15) is 54.3 Å². The maximum absolute atomic E-state index is 8.31. The van der Waals surface area contributed by atoms with Crippen LogP contribution in [0.5, 0.6) is 0 Å². The van der Waals surface area contributed by atoms with E-state index in [4.69, 9.17) is 22.5 Å². The van der Waals surface area contributed by atoms with Gasteiger partial charge in [0.2, 0.25) is 13.2 Å². The summed E-state index contributed by atoms with van der Waals surface area (Å²) in [5, 5.41) is 11.4. The summed E-state index contributed by atoms with van der Waals surface area (Å²) in [6.07, 6.45) is 0. The summed E-state index contributed by atoms with van der Waals surface area (Å²) in [6, 6.07) is 68.9. The summed E-state index contributed by atoms with van der Waals surface area (Å²) in [5.74, 6) is 0. The Hall–Kier alpha value is -4.28. The van der Waals surface area contributed by atoms with Crippen LogP contribution in [0.1, 0.15) is 0 Å². The predicted octanol–water partition coefficient (Wildman–Crippen LogP) is 10.6. The minimum atomic E-state index is -2.69. The molecule has 0 N–H and O–H groups in total. The van der Waals surface area contributed by atoms with Crippen LogP contribution in [0.25, 0.3) is 32.7 Å². The average Bonchev–Trinajstić information content (AvgIpc) is 3.18. The van der Waals surface area contributed by atoms with E-state index >= 15 is 0 Å². The third kappa shape index (κ3) is 5.17. The zero-order valence-electron chi connectivity index (χ0n) is 26.1. The lowest BCUT2D eigenvalue weighted by Crippen LogP contribution is -2.32. The number of hydrogen-bond donors (Lipinski definition) is 0. The summed E-state index contributed by atoms with van der Waals surface area (Å²) in [6.45, 7) is -5.37. The van der Waals surface area contributed by atoms with Crippen molar-refractivity contribution < 1.29 is 0 Å². The summed E-state index contributed by atoms with van der Waals surface area (Å²) in [7, 11) is 0. The molecule has 8 rings (SSSR count). The predicted molar refractivity (Wildman–Crippen MR) is 216 cm³/mol. The second-order valence-electron chi connectivity index (χ2n) is 11.9. The summed E-state index contributed by atoms with van der Waals surface area (Å²) in [4.78, 5) is 0. The maximum Gasteiger partial charge on any atom is 0.211 e. The zero-order valence-corrected chi connectivity index (χ0v) is 29.4. The quantitative estimate of drug-likeness (QED) is 0.146. The molecule has 0 aliphatic rings. The minimum absolute atomic E-state index is 1.12. The molecule has 8 aromatic rings. The van der Waals surface area contributed by atoms with Gasteiger partial charge in [-0.2, -0.15) is 0 Å². The highest BCUT2D eigenvalue weighted by Gasteiger charge is 2.51. The molecule has 0 amide bonds. The molecule has 0 aliphatic carbocycles. The van der Waals surface area contributed by atoms with Gasteiger partial charge >= 0.3 is 0 Å². The Morgan fingerprint density at radius 1 is 0.271 bits per heavy atom. The molecule has 0 spiro atoms. The van der Waals surface area contributed by atoms with Crippen LogP contribution in [0.15, 0.2) is 194 Å². The lowest BCUT2D eigenvalue weighted by molar-refractivity contribution is 1.71. The maximum atomic E-state index is 8.31. The number of fused-ring (bicyclic) bond motifs is 2. The van der Waals surface area contributed by atoms with Crippen LogP contribution in [-0.2, 0) is 0 Å². The molecule has 0 atom stereocenters. The molecule has 0 heterocycles. The Kier molecular flexibility index (Phi) is 8.38. The van der Waals surface area contributed by atoms with E-state index in [9.17, 15) is 0 Å². The SMILES string of the molecule is Cl[P+](c1ccccc1)(c1ccccc1)c1ccc2ccccc2c1-c1c([P+](Cl)(c2ccccc2)c2ccccc2)ccc2ccccc12. The number of halogens is 2. The number of hydrogen-bond acceptors (Lipinski definition) is 0. The molecule has 0 aliphatic heterocycles. The first kappa shape index (κ1) is 31.0. The van der Waals surface area contributed by atoms with Crippen LogP contribution in [-0.4, -0.2) is 0 Å². The lowest BCUT2D eigenvalue weighted by atomic mass is 9.93. The molecule has 0 radical (unpaired) electrons. The van der Waals surface area contributed by atoms with Crippen molar-refractivity contribution in [1.29, 1.82) is 0 Å². The monoisotopic (exact) mass is 692 g/mol. The van der Waals surface area contributed by atoms with Gasteiger partial charge in [0.25, 0.3) is 0 Å². The molecule has 48 heavy (non-hydrogen) atoms. The minimum Gasteiger partial charge on any atom is -0.0620 e. The van der Waals surface area contributed by atoms with Gasteiger partial charge in [0, 0.05) is 11.1 Å². The molecule has 4 heteroatoms. The van der Waals surface area contributed by atoms with Crippen LogP contribution in [0.3, 0.4) is 0 Å². The third-order valence-electron chi connectivity index (χ3n) is 9.18. The van der Waals surface area contributed by atoms with Crippen LogP contribution >= 0.6 is 35.7 Å². The number of benzene rings is 8. The summed E-state index contributed by atoms with van der Waals surface area (Å²) < 4.78 is 0. The van der Waals surface area contributed by atoms with Gasteiger partial charge in [-0.3, -0.25) is 0 Å². The molecule has 230 valence electrons. The second kappa shape index (κ2) is 13.0. The van der Waals surface area contributed by atoms with Crippen molar-refractivity contribution in [3.8, 4) is 11.1 Å². The fraction of sp³-hybridized carbons (Fsp3) is 0. The molecule has 0 aromatic heterocycles. The van der Waals surface area contributed by atoms with Crippen molar-refractivity contribution in [3.05, 3.63) is 194 Å². The van der Waals surface area contributed by atoms with Crippen molar-refractivity contribution in [2.75, 3.05) is 0 Å². The number of rotatable bonds is 7. The van der Waals surface area contributed by atoms with Crippen molar-refractivity contribution in [2.45, 2.75) is 0 Å². The molecule has 0 saturated heterocycles. The van der Waals surface area contributed by atoms with Crippen LogP contribution in [0.4, 0.5) is 0 Å². The van der Waals surface area contributed by atoms with Gasteiger partial charge in [-0.15, -0.1) is 0 Å². The highest BCUT2D eigenvalue weighted by Crippen LogP contribution is 2.65. The molecular formula is C44H32Cl2P2+2. The second-order valence-corrected chi connectivity index (χ2v) is 20.3. The highest BCUT2D eigenvalue weighted by atomic mass is 35.7. The van der Waals surface area contributed by atoms with Crippen molar-refractivity contribution in [3.63, 3.8) is 0 Å².